The van der Waals surface area contributed by atoms with E-state index < -0.39 is 11.8 Å². The maximum absolute atomic E-state index is 15.7. The van der Waals surface area contributed by atoms with Crippen molar-refractivity contribution in [1.82, 2.24) is 29.5 Å². The maximum atomic E-state index is 15.7. The topological polar surface area (TPSA) is 163 Å². The van der Waals surface area contributed by atoms with Gasteiger partial charge in [-0.05, 0) is 99.4 Å². The van der Waals surface area contributed by atoms with E-state index in [0.29, 0.717) is 57.8 Å². The van der Waals surface area contributed by atoms with Gasteiger partial charge >= 0.3 is 6.03 Å². The summed E-state index contributed by atoms with van der Waals surface area (Å²) in [5.74, 6) is -0.978. The molecular formula is C46H48F2N10O5S. The lowest BCUT2D eigenvalue weighted by molar-refractivity contribution is -0.120. The van der Waals surface area contributed by atoms with Crippen molar-refractivity contribution in [2.75, 3.05) is 53.9 Å². The van der Waals surface area contributed by atoms with Crippen LogP contribution in [0.1, 0.15) is 75.8 Å². The molecule has 3 aromatic carbocycles. The van der Waals surface area contributed by atoms with Crippen molar-refractivity contribution in [2.45, 2.75) is 87.1 Å². The van der Waals surface area contributed by atoms with E-state index in [1.54, 1.807) is 58.8 Å². The number of hydrogen-bond donors (Lipinski definition) is 2. The number of amides is 3. The second-order valence-corrected chi connectivity index (χ2v) is 19.7. The number of fused-ring (bicyclic) bond motifs is 2. The second-order valence-electron chi connectivity index (χ2n) is 18.6. The first-order chi connectivity index (χ1) is 31.0. The van der Waals surface area contributed by atoms with Crippen molar-refractivity contribution in [3.8, 4) is 17.6 Å². The van der Waals surface area contributed by atoms with E-state index in [1.165, 1.54) is 29.9 Å². The number of aryl methyl sites for hydroxylation is 1. The fraction of sp³-hybridized carbons (Fsp3) is 0.478. The van der Waals surface area contributed by atoms with Gasteiger partial charge in [0.2, 0.25) is 5.91 Å². The fourth-order valence-electron chi connectivity index (χ4n) is 11.1. The number of rotatable bonds is 9. The molecule has 18 heteroatoms. The second kappa shape index (κ2) is 15.7. The summed E-state index contributed by atoms with van der Waals surface area (Å²) >= 11 is 1.55. The number of anilines is 3. The van der Waals surface area contributed by atoms with Crippen LogP contribution in [0.2, 0.25) is 0 Å². The lowest BCUT2D eigenvalue weighted by Crippen LogP contribution is -2.67. The predicted octanol–water partition coefficient (Wildman–Crippen LogP) is 7.14. The van der Waals surface area contributed by atoms with E-state index in [2.05, 4.69) is 36.0 Å². The molecule has 64 heavy (non-hydrogen) atoms. The summed E-state index contributed by atoms with van der Waals surface area (Å²) in [6, 6.07) is 12.8. The Morgan fingerprint density at radius 2 is 1.77 bits per heavy atom. The molecule has 0 radical (unpaired) electrons. The van der Waals surface area contributed by atoms with E-state index in [9.17, 15) is 19.6 Å². The van der Waals surface area contributed by atoms with Gasteiger partial charge in [-0.1, -0.05) is 12.8 Å². The average molecular weight is 891 g/mol. The molecule has 2 saturated carbocycles. The molecule has 2 aliphatic carbocycles. The number of hydrogen-bond acceptors (Lipinski definition) is 12. The van der Waals surface area contributed by atoms with Crippen LogP contribution in [0.15, 0.2) is 53.6 Å². The van der Waals surface area contributed by atoms with Gasteiger partial charge in [0.05, 0.1) is 52.4 Å². The highest BCUT2D eigenvalue weighted by atomic mass is 32.2. The Bertz CT molecular complexity index is 2820. The Balaban J connectivity index is 0.704. The summed E-state index contributed by atoms with van der Waals surface area (Å²) in [4.78, 5) is 48.9. The van der Waals surface area contributed by atoms with Crippen LogP contribution < -0.4 is 30.1 Å². The molecule has 4 aliphatic heterocycles. The van der Waals surface area contributed by atoms with Crippen LogP contribution in [0.4, 0.5) is 30.8 Å². The van der Waals surface area contributed by atoms with E-state index in [0.717, 1.165) is 70.2 Å². The molecule has 1 atom stereocenters. The van der Waals surface area contributed by atoms with Gasteiger partial charge in [-0.2, -0.15) is 10.4 Å². The van der Waals surface area contributed by atoms with Crippen LogP contribution in [-0.4, -0.2) is 92.4 Å². The van der Waals surface area contributed by atoms with Crippen molar-refractivity contribution >= 4 is 62.9 Å². The number of ether oxygens (including phenoxy) is 2. The minimum absolute atomic E-state index is 0.0662. The summed E-state index contributed by atoms with van der Waals surface area (Å²) in [7, 11) is 1.77. The molecule has 5 aromatic rings. The molecular weight excluding hydrogens is 843 g/mol. The standard InChI is InChI=1S/C46H48F2N10O5S/c1-54-38-18-39(35(48)17-32(38)42(52-54)57-13-10-40(59)51-44(57)61)56-24-45(25-56)19-27(20-45)55-14-11-46(12-15-55)21-28(23-62-46)58-26-50-36-8-6-29(16-31(36)43(58)60)63-41-33(22-49)37(9-7-34(41)47)53-64-30-4-2-3-5-30/h6-9,16-18,26-28,30,53H,2-5,10-15,19-21,23-25H2,1H3,(H,51,59,61). The monoisotopic (exact) mass is 890 g/mol. The third-order valence-corrected chi connectivity index (χ3v) is 15.7. The van der Waals surface area contributed by atoms with Crippen molar-refractivity contribution in [2.24, 2.45) is 12.5 Å². The molecule has 3 amide bonds. The molecule has 0 bridgehead atoms. The Hall–Kier alpha value is -5.77. The highest BCUT2D eigenvalue weighted by molar-refractivity contribution is 8.01. The fourth-order valence-corrected chi connectivity index (χ4v) is 12.1. The molecule has 6 fully saturated rings. The molecule has 2 N–H and O–H groups in total. The van der Waals surface area contributed by atoms with Crippen molar-refractivity contribution in [1.29, 1.82) is 5.26 Å². The number of imide groups is 1. The SMILES string of the molecule is Cn1nc(N2CCC(=O)NC2=O)c2cc(F)c(N3CC4(CC(N5CCC6(CC5)CC(n5cnc7ccc(Oc8c(F)ccc(NSC9CCCC9)c8C#N)cc7c5=O)CO6)C4)C3)cc21. The number of nitrogens with zero attached hydrogens (tertiary/aromatic N) is 8. The molecule has 6 heterocycles. The van der Waals surface area contributed by atoms with Gasteiger partial charge in [0.1, 0.15) is 23.2 Å². The molecule has 2 spiro atoms. The largest absolute Gasteiger partial charge is 0.453 e. The number of piperidine rings is 1. The first-order valence-corrected chi connectivity index (χ1v) is 23.1. The Labute approximate surface area is 371 Å². The summed E-state index contributed by atoms with van der Waals surface area (Å²) < 4.78 is 50.0. The van der Waals surface area contributed by atoms with Crippen molar-refractivity contribution in [3.63, 3.8) is 0 Å². The van der Waals surface area contributed by atoms with Crippen LogP contribution in [0.5, 0.6) is 11.5 Å². The third-order valence-electron chi connectivity index (χ3n) is 14.6. The van der Waals surface area contributed by atoms with E-state index in [4.69, 9.17) is 9.47 Å². The molecule has 2 aromatic heterocycles. The molecule has 4 saturated heterocycles. The van der Waals surface area contributed by atoms with E-state index in [1.807, 2.05) is 6.07 Å². The van der Waals surface area contributed by atoms with Gasteiger partial charge in [-0.25, -0.2) is 18.6 Å². The van der Waals surface area contributed by atoms with Crippen molar-refractivity contribution in [3.05, 3.63) is 76.3 Å². The number of likely N-dealkylation sites (tertiary alicyclic amines) is 1. The first kappa shape index (κ1) is 41.0. The molecule has 6 aliphatic rings. The number of nitrogens with one attached hydrogen (secondary N) is 2. The molecule has 332 valence electrons. The number of carbonyl (C=O) groups is 2. The number of carbonyl (C=O) groups excluding carboxylic acids is 2. The van der Waals surface area contributed by atoms with Gasteiger partial charge in [0.25, 0.3) is 5.56 Å². The van der Waals surface area contributed by atoms with Crippen LogP contribution >= 0.6 is 11.9 Å². The van der Waals surface area contributed by atoms with E-state index in [-0.39, 0.29) is 64.4 Å². The molecule has 11 rings (SSSR count). The van der Waals surface area contributed by atoms with Crippen LogP contribution in [0, 0.1) is 28.4 Å². The molecule has 1 unspecified atom stereocenters. The van der Waals surface area contributed by atoms with Gasteiger partial charge in [-0.3, -0.25) is 29.1 Å². The van der Waals surface area contributed by atoms with Gasteiger partial charge < -0.3 is 24.0 Å². The van der Waals surface area contributed by atoms with Gasteiger partial charge in [-0.15, -0.1) is 0 Å². The smallest absolute Gasteiger partial charge is 0.329 e. The first-order valence-electron chi connectivity index (χ1n) is 22.2. The minimum Gasteiger partial charge on any atom is -0.453 e. The highest BCUT2D eigenvalue weighted by Gasteiger charge is 2.55. The quantitative estimate of drug-likeness (QED) is 0.144. The van der Waals surface area contributed by atoms with E-state index >= 15 is 8.78 Å². The minimum atomic E-state index is -0.668. The van der Waals surface area contributed by atoms with Crippen LogP contribution in [0.25, 0.3) is 21.8 Å². The predicted molar refractivity (Wildman–Crippen MR) is 238 cm³/mol. The zero-order chi connectivity index (χ0) is 43.9. The number of aromatic nitrogens is 4. The normalized spacial score (nSPS) is 22.3. The molecule has 15 nitrogen and oxygen atoms in total. The summed E-state index contributed by atoms with van der Waals surface area (Å²) in [6.07, 6.45) is 10.8. The Morgan fingerprint density at radius 1 is 0.969 bits per heavy atom. The number of nitriles is 1. The Kier molecular flexibility index (Phi) is 10.1. The summed E-state index contributed by atoms with van der Waals surface area (Å²) in [5, 5.41) is 18.2. The Morgan fingerprint density at radius 3 is 2.53 bits per heavy atom. The summed E-state index contributed by atoms with van der Waals surface area (Å²) in [6.45, 7) is 3.95. The van der Waals surface area contributed by atoms with Crippen molar-refractivity contribution < 1.29 is 27.8 Å². The zero-order valence-electron chi connectivity index (χ0n) is 35.4. The third kappa shape index (κ3) is 7.12. The number of benzene rings is 3. The van der Waals surface area contributed by atoms with Gasteiger partial charge in [0.15, 0.2) is 17.4 Å². The van der Waals surface area contributed by atoms with Gasteiger partial charge in [0, 0.05) is 68.3 Å². The lowest BCUT2D eigenvalue weighted by Gasteiger charge is -2.62. The van der Waals surface area contributed by atoms with Crippen LogP contribution in [-0.2, 0) is 16.6 Å². The number of halogens is 2. The lowest BCUT2D eigenvalue weighted by atomic mass is 9.59. The zero-order valence-corrected chi connectivity index (χ0v) is 36.3. The highest BCUT2D eigenvalue weighted by Crippen LogP contribution is 2.53. The van der Waals surface area contributed by atoms with Crippen LogP contribution in [0.3, 0.4) is 0 Å². The maximum Gasteiger partial charge on any atom is 0.329 e. The summed E-state index contributed by atoms with van der Waals surface area (Å²) in [5.41, 5.74) is 1.90. The average Bonchev–Trinajstić information content (AvgIpc) is 4.01. The number of urea groups is 1.